The number of esters is 1. The van der Waals surface area contributed by atoms with Gasteiger partial charge in [-0.15, -0.1) is 0 Å². The Bertz CT molecular complexity index is 1300. The zero-order chi connectivity index (χ0) is 23.9. The average molecular weight is 452 g/mol. The lowest BCUT2D eigenvalue weighted by Crippen LogP contribution is -2.11. The molecule has 1 unspecified atom stereocenters. The number of anilines is 3. The van der Waals surface area contributed by atoms with E-state index in [-0.39, 0.29) is 6.61 Å². The molecule has 5 nitrogen and oxygen atoms in total. The van der Waals surface area contributed by atoms with Gasteiger partial charge in [0.05, 0.1) is 6.61 Å². The van der Waals surface area contributed by atoms with Crippen LogP contribution in [0.5, 0.6) is 5.75 Å². The van der Waals surface area contributed by atoms with Gasteiger partial charge in [-0.1, -0.05) is 55.6 Å². The Morgan fingerprint density at radius 1 is 0.853 bits per heavy atom. The molecule has 0 aromatic heterocycles. The van der Waals surface area contributed by atoms with Crippen LogP contribution in [0.3, 0.4) is 0 Å². The summed E-state index contributed by atoms with van der Waals surface area (Å²) in [7, 11) is 0. The van der Waals surface area contributed by atoms with Crippen LogP contribution < -0.4 is 9.64 Å². The van der Waals surface area contributed by atoms with Crippen molar-refractivity contribution < 1.29 is 19.4 Å². The topological polar surface area (TPSA) is 59.0 Å². The van der Waals surface area contributed by atoms with Crippen molar-refractivity contribution in [2.24, 2.45) is 0 Å². The van der Waals surface area contributed by atoms with Gasteiger partial charge in [0.25, 0.3) is 0 Å². The van der Waals surface area contributed by atoms with Gasteiger partial charge in [-0.25, -0.2) is 4.79 Å². The van der Waals surface area contributed by atoms with Crippen LogP contribution >= 0.6 is 0 Å². The average Bonchev–Trinajstić information content (AvgIpc) is 2.89. The summed E-state index contributed by atoms with van der Waals surface area (Å²) in [5, 5.41) is 11.8. The summed E-state index contributed by atoms with van der Waals surface area (Å²) in [5.41, 5.74) is 3.76. The molecule has 4 aromatic carbocycles. The molecule has 0 amide bonds. The van der Waals surface area contributed by atoms with E-state index < -0.39 is 12.3 Å². The van der Waals surface area contributed by atoms with E-state index in [9.17, 15) is 9.90 Å². The smallest absolute Gasteiger partial charge is 0.335 e. The van der Waals surface area contributed by atoms with Crippen molar-refractivity contribution in [3.8, 4) is 5.75 Å². The zero-order valence-corrected chi connectivity index (χ0v) is 18.6. The van der Waals surface area contributed by atoms with E-state index in [0.29, 0.717) is 5.75 Å². The highest BCUT2D eigenvalue weighted by atomic mass is 16.6. The third-order valence-electron chi connectivity index (χ3n) is 5.29. The van der Waals surface area contributed by atoms with E-state index in [2.05, 4.69) is 48.4 Å². The van der Waals surface area contributed by atoms with Crippen LogP contribution in [0.2, 0.25) is 0 Å². The Balaban J connectivity index is 1.70. The Labute approximate surface area is 198 Å². The van der Waals surface area contributed by atoms with Gasteiger partial charge in [0.2, 0.25) is 0 Å². The van der Waals surface area contributed by atoms with Gasteiger partial charge in [0.1, 0.15) is 5.75 Å². The molecule has 0 aliphatic rings. The first-order chi connectivity index (χ1) is 16.6. The lowest BCUT2D eigenvalue weighted by atomic mass is 10.1. The predicted molar refractivity (Wildman–Crippen MR) is 135 cm³/mol. The number of rotatable bonds is 9. The fraction of sp³-hybridized carbons (Fsp3) is 0.0690. The predicted octanol–water partition coefficient (Wildman–Crippen LogP) is 6.42. The summed E-state index contributed by atoms with van der Waals surface area (Å²) >= 11 is 0. The first-order valence-electron chi connectivity index (χ1n) is 10.8. The Morgan fingerprint density at radius 2 is 1.47 bits per heavy atom. The van der Waals surface area contributed by atoms with E-state index in [4.69, 9.17) is 9.47 Å². The molecule has 0 aliphatic heterocycles. The van der Waals surface area contributed by atoms with Crippen molar-refractivity contribution in [3.05, 3.63) is 122 Å². The third-order valence-corrected chi connectivity index (χ3v) is 5.29. The fourth-order valence-corrected chi connectivity index (χ4v) is 3.57. The number of ether oxygens (including phenoxy) is 2. The SMILES string of the molecule is C=CC(=O)Oc1ccc(N(c2ccc(COC(O)C=C)cc2)c2ccc3ccccc3c2)cc1. The normalized spacial score (nSPS) is 11.6. The molecular formula is C29H25NO4. The molecule has 0 aliphatic carbocycles. The van der Waals surface area contributed by atoms with Crippen molar-refractivity contribution in [1.29, 1.82) is 0 Å². The zero-order valence-electron chi connectivity index (χ0n) is 18.6. The van der Waals surface area contributed by atoms with Crippen LogP contribution in [0.25, 0.3) is 10.8 Å². The highest BCUT2D eigenvalue weighted by Gasteiger charge is 2.14. The van der Waals surface area contributed by atoms with Gasteiger partial charge in [-0.3, -0.25) is 0 Å². The third kappa shape index (κ3) is 5.41. The van der Waals surface area contributed by atoms with E-state index in [0.717, 1.165) is 39.5 Å². The minimum atomic E-state index is -0.998. The highest BCUT2D eigenvalue weighted by Crippen LogP contribution is 2.37. The summed E-state index contributed by atoms with van der Waals surface area (Å²) in [6, 6.07) is 29.7. The van der Waals surface area contributed by atoms with Gasteiger partial charge < -0.3 is 19.5 Å². The maximum atomic E-state index is 11.5. The highest BCUT2D eigenvalue weighted by molar-refractivity contribution is 5.89. The number of fused-ring (bicyclic) bond motifs is 1. The minimum Gasteiger partial charge on any atom is -0.423 e. The summed E-state index contributed by atoms with van der Waals surface area (Å²) in [6.07, 6.45) is 1.47. The summed E-state index contributed by atoms with van der Waals surface area (Å²) in [5.74, 6) is -0.0566. The molecule has 1 N–H and O–H groups in total. The van der Waals surface area contributed by atoms with E-state index >= 15 is 0 Å². The first-order valence-corrected chi connectivity index (χ1v) is 10.8. The molecular weight excluding hydrogens is 426 g/mol. The van der Waals surface area contributed by atoms with Crippen LogP contribution in [0.1, 0.15) is 5.56 Å². The summed E-state index contributed by atoms with van der Waals surface area (Å²) < 4.78 is 10.5. The molecule has 0 radical (unpaired) electrons. The van der Waals surface area contributed by atoms with E-state index in [1.807, 2.05) is 48.5 Å². The molecule has 34 heavy (non-hydrogen) atoms. The van der Waals surface area contributed by atoms with Crippen molar-refractivity contribution in [3.63, 3.8) is 0 Å². The second-order valence-electron chi connectivity index (χ2n) is 7.59. The minimum absolute atomic E-state index is 0.271. The number of aliphatic hydroxyl groups excluding tert-OH is 1. The second-order valence-corrected chi connectivity index (χ2v) is 7.59. The summed E-state index contributed by atoms with van der Waals surface area (Å²) in [4.78, 5) is 13.7. The number of aliphatic hydroxyl groups is 1. The van der Waals surface area contributed by atoms with E-state index in [1.54, 1.807) is 12.1 Å². The van der Waals surface area contributed by atoms with Crippen molar-refractivity contribution in [1.82, 2.24) is 0 Å². The Morgan fingerprint density at radius 3 is 2.12 bits per heavy atom. The van der Waals surface area contributed by atoms with Crippen molar-refractivity contribution in [2.75, 3.05) is 4.90 Å². The van der Waals surface area contributed by atoms with Crippen molar-refractivity contribution >= 4 is 33.8 Å². The fourth-order valence-electron chi connectivity index (χ4n) is 3.57. The monoisotopic (exact) mass is 451 g/mol. The van der Waals surface area contributed by atoms with Crippen LogP contribution in [0.4, 0.5) is 17.1 Å². The van der Waals surface area contributed by atoms with Gasteiger partial charge in [-0.05, 0) is 70.9 Å². The standard InChI is InChI=1S/C29H25NO4/c1-3-28(31)33-20-21-9-12-24(13-10-21)30(25-15-17-27(18-16-25)34-29(32)4-2)26-14-11-22-7-5-6-8-23(22)19-26/h3-19,28,31H,1-2,20H2. The lowest BCUT2D eigenvalue weighted by molar-refractivity contribution is -0.128. The first kappa shape index (κ1) is 23.0. The molecule has 0 bridgehead atoms. The maximum Gasteiger partial charge on any atom is 0.335 e. The largest absolute Gasteiger partial charge is 0.423 e. The van der Waals surface area contributed by atoms with Crippen molar-refractivity contribution in [2.45, 2.75) is 12.9 Å². The van der Waals surface area contributed by atoms with Crippen LogP contribution in [-0.4, -0.2) is 17.4 Å². The molecule has 0 fully saturated rings. The van der Waals surface area contributed by atoms with Crippen LogP contribution in [0, 0.1) is 0 Å². The quantitative estimate of drug-likeness (QED) is 0.105. The number of carbonyl (C=O) groups is 1. The molecule has 5 heteroatoms. The number of hydrogen-bond donors (Lipinski definition) is 1. The molecule has 170 valence electrons. The van der Waals surface area contributed by atoms with E-state index in [1.165, 1.54) is 6.08 Å². The van der Waals surface area contributed by atoms with Crippen LogP contribution in [-0.2, 0) is 16.1 Å². The molecule has 4 aromatic rings. The number of hydrogen-bond acceptors (Lipinski definition) is 5. The molecule has 0 saturated carbocycles. The molecule has 4 rings (SSSR count). The van der Waals surface area contributed by atoms with Crippen LogP contribution in [0.15, 0.2) is 116 Å². The van der Waals surface area contributed by atoms with Gasteiger partial charge >= 0.3 is 5.97 Å². The van der Waals surface area contributed by atoms with Gasteiger partial charge in [0.15, 0.2) is 6.29 Å². The summed E-state index contributed by atoms with van der Waals surface area (Å²) in [6.45, 7) is 7.21. The molecule has 0 spiro atoms. The maximum absolute atomic E-state index is 11.5. The van der Waals surface area contributed by atoms with Gasteiger partial charge in [0, 0.05) is 23.1 Å². The molecule has 0 heterocycles. The molecule has 1 atom stereocenters. The Kier molecular flexibility index (Phi) is 7.18. The number of carbonyl (C=O) groups excluding carboxylic acids is 1. The Hall–Kier alpha value is -4.19. The van der Waals surface area contributed by atoms with Gasteiger partial charge in [-0.2, -0.15) is 0 Å². The number of benzene rings is 4. The second kappa shape index (κ2) is 10.6. The number of nitrogens with zero attached hydrogens (tertiary/aromatic N) is 1. The lowest BCUT2D eigenvalue weighted by Gasteiger charge is -2.26. The molecule has 0 saturated heterocycles.